The average Bonchev–Trinajstić information content (AvgIpc) is 2.85. The molecule has 1 unspecified atom stereocenters. The van der Waals surface area contributed by atoms with Gasteiger partial charge in [0, 0.05) is 6.04 Å². The average molecular weight is 243 g/mol. The van der Waals surface area contributed by atoms with Crippen LogP contribution in [0, 0.1) is 11.3 Å². The van der Waals surface area contributed by atoms with E-state index in [1.54, 1.807) is 23.5 Å². The molecule has 86 valence electrons. The highest BCUT2D eigenvalue weighted by Crippen LogP contribution is 2.25. The van der Waals surface area contributed by atoms with Crippen molar-refractivity contribution in [3.8, 4) is 6.07 Å². The predicted molar refractivity (Wildman–Crippen MR) is 71.9 cm³/mol. The number of nitriles is 1. The molecule has 0 aliphatic carbocycles. The quantitative estimate of drug-likeness (QED) is 0.812. The van der Waals surface area contributed by atoms with E-state index in [-0.39, 0.29) is 6.04 Å². The molecular weight excluding hydrogens is 230 g/mol. The van der Waals surface area contributed by atoms with E-state index in [4.69, 9.17) is 11.0 Å². The van der Waals surface area contributed by atoms with Crippen molar-refractivity contribution in [3.05, 3.63) is 46.2 Å². The number of hydrogen-bond acceptors (Lipinski definition) is 4. The first kappa shape index (κ1) is 11.5. The van der Waals surface area contributed by atoms with Crippen LogP contribution in [0.25, 0.3) is 0 Å². The third-order valence-corrected chi connectivity index (χ3v) is 3.30. The van der Waals surface area contributed by atoms with Crippen molar-refractivity contribution < 1.29 is 0 Å². The first-order valence-electron chi connectivity index (χ1n) is 5.29. The van der Waals surface area contributed by atoms with E-state index in [0.29, 0.717) is 11.3 Å². The molecule has 0 fully saturated rings. The molecule has 0 aliphatic heterocycles. The lowest BCUT2D eigenvalue weighted by atomic mass is 10.1. The van der Waals surface area contributed by atoms with Gasteiger partial charge in [0.05, 0.1) is 23.0 Å². The molecule has 1 atom stereocenters. The molecule has 0 saturated heterocycles. The van der Waals surface area contributed by atoms with Gasteiger partial charge in [0.25, 0.3) is 0 Å². The summed E-state index contributed by atoms with van der Waals surface area (Å²) in [4.78, 5) is 0. The molecule has 1 heterocycles. The summed E-state index contributed by atoms with van der Waals surface area (Å²) in [6, 6.07) is 9.65. The molecule has 2 rings (SSSR count). The highest BCUT2D eigenvalue weighted by Gasteiger charge is 2.07. The van der Waals surface area contributed by atoms with Crippen LogP contribution in [0.15, 0.2) is 35.0 Å². The fourth-order valence-corrected chi connectivity index (χ4v) is 2.36. The second kappa shape index (κ2) is 4.89. The summed E-state index contributed by atoms with van der Waals surface area (Å²) in [6.07, 6.45) is 0. The Kier molecular flexibility index (Phi) is 3.31. The fourth-order valence-electron chi connectivity index (χ4n) is 1.60. The van der Waals surface area contributed by atoms with Crippen LogP contribution < -0.4 is 11.1 Å². The number of nitrogens with two attached hydrogens (primary N) is 1. The second-order valence-electron chi connectivity index (χ2n) is 3.84. The van der Waals surface area contributed by atoms with Gasteiger partial charge in [-0.15, -0.1) is 0 Å². The number of nitrogens with zero attached hydrogens (tertiary/aromatic N) is 1. The van der Waals surface area contributed by atoms with Crippen molar-refractivity contribution in [1.29, 1.82) is 5.26 Å². The second-order valence-corrected chi connectivity index (χ2v) is 4.62. The van der Waals surface area contributed by atoms with Crippen LogP contribution in [-0.2, 0) is 0 Å². The SMILES string of the molecule is CC(Nc1ccc(C#N)cc1N)c1ccsc1. The zero-order chi connectivity index (χ0) is 12.3. The number of hydrogen-bond donors (Lipinski definition) is 2. The largest absolute Gasteiger partial charge is 0.397 e. The standard InChI is InChI=1S/C13H13N3S/c1-9(11-4-5-17-8-11)16-13-3-2-10(7-14)6-12(13)15/h2-6,8-9,16H,15H2,1H3. The van der Waals surface area contributed by atoms with E-state index in [1.165, 1.54) is 5.56 Å². The number of benzene rings is 1. The summed E-state index contributed by atoms with van der Waals surface area (Å²) < 4.78 is 0. The monoisotopic (exact) mass is 243 g/mol. The number of nitrogen functional groups attached to an aromatic ring is 1. The molecule has 4 heteroatoms. The van der Waals surface area contributed by atoms with Crippen molar-refractivity contribution in [3.63, 3.8) is 0 Å². The molecule has 3 N–H and O–H groups in total. The first-order valence-corrected chi connectivity index (χ1v) is 6.23. The van der Waals surface area contributed by atoms with Crippen molar-refractivity contribution in [2.45, 2.75) is 13.0 Å². The van der Waals surface area contributed by atoms with Crippen LogP contribution in [0.3, 0.4) is 0 Å². The molecular formula is C13H13N3S. The van der Waals surface area contributed by atoms with Gasteiger partial charge in [-0.25, -0.2) is 0 Å². The van der Waals surface area contributed by atoms with Crippen LogP contribution in [-0.4, -0.2) is 0 Å². The van der Waals surface area contributed by atoms with Gasteiger partial charge in [-0.3, -0.25) is 0 Å². The minimum Gasteiger partial charge on any atom is -0.397 e. The molecule has 1 aromatic carbocycles. The molecule has 0 saturated carbocycles. The minimum atomic E-state index is 0.205. The summed E-state index contributed by atoms with van der Waals surface area (Å²) in [5.41, 5.74) is 9.17. The summed E-state index contributed by atoms with van der Waals surface area (Å²) in [5, 5.41) is 16.3. The molecule has 1 aromatic heterocycles. The van der Waals surface area contributed by atoms with Gasteiger partial charge in [-0.1, -0.05) is 0 Å². The zero-order valence-corrected chi connectivity index (χ0v) is 10.3. The van der Waals surface area contributed by atoms with Gasteiger partial charge in [0.2, 0.25) is 0 Å². The lowest BCUT2D eigenvalue weighted by Gasteiger charge is -2.15. The summed E-state index contributed by atoms with van der Waals surface area (Å²) in [7, 11) is 0. The maximum absolute atomic E-state index is 8.76. The lowest BCUT2D eigenvalue weighted by Crippen LogP contribution is -2.07. The van der Waals surface area contributed by atoms with Crippen LogP contribution in [0.1, 0.15) is 24.1 Å². The molecule has 17 heavy (non-hydrogen) atoms. The number of anilines is 2. The van der Waals surface area contributed by atoms with E-state index in [1.807, 2.05) is 6.07 Å². The number of thiophene rings is 1. The highest BCUT2D eigenvalue weighted by molar-refractivity contribution is 7.07. The molecule has 0 amide bonds. The smallest absolute Gasteiger partial charge is 0.0992 e. The van der Waals surface area contributed by atoms with Crippen LogP contribution in [0.4, 0.5) is 11.4 Å². The van der Waals surface area contributed by atoms with Crippen molar-refractivity contribution in [2.75, 3.05) is 11.1 Å². The van der Waals surface area contributed by atoms with Crippen molar-refractivity contribution in [2.24, 2.45) is 0 Å². The molecule has 3 nitrogen and oxygen atoms in total. The number of nitrogens with one attached hydrogen (secondary N) is 1. The Labute approximate surface area is 105 Å². The Morgan fingerprint density at radius 1 is 1.41 bits per heavy atom. The Hall–Kier alpha value is -1.99. The van der Waals surface area contributed by atoms with Crippen molar-refractivity contribution in [1.82, 2.24) is 0 Å². The number of rotatable bonds is 3. The van der Waals surface area contributed by atoms with Gasteiger partial charge in [0.15, 0.2) is 0 Å². The summed E-state index contributed by atoms with van der Waals surface area (Å²) >= 11 is 1.67. The first-order chi connectivity index (χ1) is 8.20. The summed E-state index contributed by atoms with van der Waals surface area (Å²) in [5.74, 6) is 0. The third-order valence-electron chi connectivity index (χ3n) is 2.60. The molecule has 0 spiro atoms. The van der Waals surface area contributed by atoms with Crippen LogP contribution in [0.2, 0.25) is 0 Å². The molecule has 0 bridgehead atoms. The van der Waals surface area contributed by atoms with E-state index in [2.05, 4.69) is 35.1 Å². The minimum absolute atomic E-state index is 0.205. The van der Waals surface area contributed by atoms with E-state index < -0.39 is 0 Å². The third kappa shape index (κ3) is 2.58. The molecule has 0 aliphatic rings. The van der Waals surface area contributed by atoms with Crippen LogP contribution >= 0.6 is 11.3 Å². The van der Waals surface area contributed by atoms with Gasteiger partial charge < -0.3 is 11.1 Å². The van der Waals surface area contributed by atoms with Crippen molar-refractivity contribution >= 4 is 22.7 Å². The molecule has 2 aromatic rings. The summed E-state index contributed by atoms with van der Waals surface area (Å²) in [6.45, 7) is 2.08. The highest BCUT2D eigenvalue weighted by atomic mass is 32.1. The normalized spacial score (nSPS) is 11.8. The van der Waals surface area contributed by atoms with E-state index >= 15 is 0 Å². The maximum atomic E-state index is 8.76. The Morgan fingerprint density at radius 3 is 2.82 bits per heavy atom. The topological polar surface area (TPSA) is 61.8 Å². The zero-order valence-electron chi connectivity index (χ0n) is 9.47. The Morgan fingerprint density at radius 2 is 2.24 bits per heavy atom. The Balaban J connectivity index is 2.17. The van der Waals surface area contributed by atoms with Gasteiger partial charge in [-0.05, 0) is 47.5 Å². The van der Waals surface area contributed by atoms with Gasteiger partial charge >= 0.3 is 0 Å². The van der Waals surface area contributed by atoms with Gasteiger partial charge in [-0.2, -0.15) is 16.6 Å². The van der Waals surface area contributed by atoms with E-state index in [0.717, 1.165) is 5.69 Å². The van der Waals surface area contributed by atoms with Gasteiger partial charge in [0.1, 0.15) is 0 Å². The Bertz CT molecular complexity index is 540. The predicted octanol–water partition coefficient (Wildman–Crippen LogP) is 3.38. The van der Waals surface area contributed by atoms with E-state index in [9.17, 15) is 0 Å². The fraction of sp³-hybridized carbons (Fsp3) is 0.154. The van der Waals surface area contributed by atoms with Crippen LogP contribution in [0.5, 0.6) is 0 Å². The maximum Gasteiger partial charge on any atom is 0.0992 e. The lowest BCUT2D eigenvalue weighted by molar-refractivity contribution is 0.891. The molecule has 0 radical (unpaired) electrons.